The molecule has 2 fully saturated rings. The molecule has 2 aliphatic rings. The predicted octanol–water partition coefficient (Wildman–Crippen LogP) is 2.43. The van der Waals surface area contributed by atoms with Gasteiger partial charge in [-0.25, -0.2) is 0 Å². The Balaban J connectivity index is 1.77. The zero-order valence-corrected chi connectivity index (χ0v) is 10.2. The first-order valence-electron chi connectivity index (χ1n) is 6.31. The molecule has 3 nitrogen and oxygen atoms in total. The molecule has 0 spiro atoms. The summed E-state index contributed by atoms with van der Waals surface area (Å²) in [5.41, 5.74) is 7.23. The van der Waals surface area contributed by atoms with Crippen molar-refractivity contribution in [1.29, 1.82) is 0 Å². The molecule has 0 aromatic heterocycles. The second-order valence-electron chi connectivity index (χ2n) is 5.28. The molecule has 0 bridgehead atoms. The van der Waals surface area contributed by atoms with Crippen LogP contribution in [0.25, 0.3) is 0 Å². The van der Waals surface area contributed by atoms with Crippen LogP contribution in [0, 0.1) is 5.92 Å². The molecule has 1 aromatic carbocycles. The number of methoxy groups -OCH3 is 1. The Hall–Kier alpha value is -1.22. The van der Waals surface area contributed by atoms with E-state index in [1.165, 1.54) is 12.8 Å². The van der Waals surface area contributed by atoms with E-state index in [2.05, 4.69) is 6.07 Å². The van der Waals surface area contributed by atoms with Crippen LogP contribution in [0.5, 0.6) is 11.5 Å². The number of nitrogens with two attached hydrogens (primary N) is 1. The van der Waals surface area contributed by atoms with Gasteiger partial charge < -0.3 is 15.2 Å². The molecule has 2 N–H and O–H groups in total. The van der Waals surface area contributed by atoms with Crippen molar-refractivity contribution in [2.24, 2.45) is 11.7 Å². The standard InChI is InChI=1S/C14H19NO2/c1-16-13-8-11(14(15)6-7-14)4-5-12(13)17-9-10-2-3-10/h4-5,8,10H,2-3,6-7,9,15H2,1H3. The Labute approximate surface area is 102 Å². The first-order chi connectivity index (χ1) is 8.21. The van der Waals surface area contributed by atoms with Gasteiger partial charge in [-0.2, -0.15) is 0 Å². The number of hydrogen-bond donors (Lipinski definition) is 1. The number of ether oxygens (including phenoxy) is 2. The highest BCUT2D eigenvalue weighted by atomic mass is 16.5. The van der Waals surface area contributed by atoms with Crippen LogP contribution in [0.4, 0.5) is 0 Å². The monoisotopic (exact) mass is 233 g/mol. The molecular weight excluding hydrogens is 214 g/mol. The van der Waals surface area contributed by atoms with Gasteiger partial charge in [0.05, 0.1) is 13.7 Å². The number of benzene rings is 1. The molecule has 2 saturated carbocycles. The Kier molecular flexibility index (Phi) is 2.51. The summed E-state index contributed by atoms with van der Waals surface area (Å²) in [5.74, 6) is 2.40. The summed E-state index contributed by atoms with van der Waals surface area (Å²) in [5, 5.41) is 0. The first kappa shape index (κ1) is 10.9. The molecule has 0 radical (unpaired) electrons. The molecule has 3 rings (SSSR count). The molecule has 17 heavy (non-hydrogen) atoms. The minimum Gasteiger partial charge on any atom is -0.493 e. The molecule has 0 aliphatic heterocycles. The molecule has 0 amide bonds. The van der Waals surface area contributed by atoms with E-state index in [1.807, 2.05) is 12.1 Å². The number of rotatable bonds is 5. The SMILES string of the molecule is COc1cc(C2(N)CC2)ccc1OCC1CC1. The average molecular weight is 233 g/mol. The molecule has 0 atom stereocenters. The highest BCUT2D eigenvalue weighted by molar-refractivity contribution is 5.46. The summed E-state index contributed by atoms with van der Waals surface area (Å²) < 4.78 is 11.2. The summed E-state index contributed by atoms with van der Waals surface area (Å²) in [7, 11) is 1.68. The van der Waals surface area contributed by atoms with Gasteiger partial charge in [-0.1, -0.05) is 6.07 Å². The number of hydrogen-bond acceptors (Lipinski definition) is 3. The quantitative estimate of drug-likeness (QED) is 0.849. The lowest BCUT2D eigenvalue weighted by Crippen LogP contribution is -2.18. The topological polar surface area (TPSA) is 44.5 Å². The second kappa shape index (κ2) is 3.91. The van der Waals surface area contributed by atoms with E-state index >= 15 is 0 Å². The van der Waals surface area contributed by atoms with Gasteiger partial charge in [0.15, 0.2) is 11.5 Å². The van der Waals surface area contributed by atoms with Crippen LogP contribution in [0.1, 0.15) is 31.2 Å². The normalized spacial score (nSPS) is 21.1. The van der Waals surface area contributed by atoms with E-state index < -0.39 is 0 Å². The third-order valence-electron chi connectivity index (χ3n) is 3.70. The molecule has 0 unspecified atom stereocenters. The van der Waals surface area contributed by atoms with E-state index in [-0.39, 0.29) is 5.54 Å². The van der Waals surface area contributed by atoms with Gasteiger partial charge in [0.2, 0.25) is 0 Å². The fraction of sp³-hybridized carbons (Fsp3) is 0.571. The van der Waals surface area contributed by atoms with Crippen LogP contribution >= 0.6 is 0 Å². The molecule has 3 heteroatoms. The van der Waals surface area contributed by atoms with E-state index in [4.69, 9.17) is 15.2 Å². The highest BCUT2D eigenvalue weighted by Gasteiger charge is 2.40. The van der Waals surface area contributed by atoms with E-state index in [1.54, 1.807) is 7.11 Å². The summed E-state index contributed by atoms with van der Waals surface area (Å²) in [4.78, 5) is 0. The summed E-state index contributed by atoms with van der Waals surface area (Å²) >= 11 is 0. The highest BCUT2D eigenvalue weighted by Crippen LogP contribution is 2.45. The van der Waals surface area contributed by atoms with Crippen LogP contribution in [-0.4, -0.2) is 13.7 Å². The van der Waals surface area contributed by atoms with Crippen molar-refractivity contribution in [1.82, 2.24) is 0 Å². The van der Waals surface area contributed by atoms with Crippen molar-refractivity contribution in [3.05, 3.63) is 23.8 Å². The Morgan fingerprint density at radius 3 is 2.65 bits per heavy atom. The van der Waals surface area contributed by atoms with Crippen molar-refractivity contribution in [3.8, 4) is 11.5 Å². The first-order valence-corrected chi connectivity index (χ1v) is 6.31. The van der Waals surface area contributed by atoms with E-state index in [0.717, 1.165) is 42.4 Å². The average Bonchev–Trinajstić information content (AvgIpc) is 3.23. The third kappa shape index (κ3) is 2.25. The summed E-state index contributed by atoms with van der Waals surface area (Å²) in [6.45, 7) is 0.809. The van der Waals surface area contributed by atoms with Crippen LogP contribution in [0.3, 0.4) is 0 Å². The molecule has 92 valence electrons. The van der Waals surface area contributed by atoms with Gasteiger partial charge in [-0.3, -0.25) is 0 Å². The molecule has 1 aromatic rings. The molecule has 0 saturated heterocycles. The fourth-order valence-corrected chi connectivity index (χ4v) is 2.01. The lowest BCUT2D eigenvalue weighted by Gasteiger charge is -2.14. The second-order valence-corrected chi connectivity index (χ2v) is 5.28. The van der Waals surface area contributed by atoms with Gasteiger partial charge >= 0.3 is 0 Å². The van der Waals surface area contributed by atoms with Gasteiger partial charge in [-0.05, 0) is 49.3 Å². The Bertz CT molecular complexity index is 422. The third-order valence-corrected chi connectivity index (χ3v) is 3.70. The molecule has 2 aliphatic carbocycles. The zero-order chi connectivity index (χ0) is 11.9. The van der Waals surface area contributed by atoms with Gasteiger partial charge in [-0.15, -0.1) is 0 Å². The Morgan fingerprint density at radius 1 is 1.29 bits per heavy atom. The molecular formula is C14H19NO2. The van der Waals surface area contributed by atoms with Crippen molar-refractivity contribution in [2.75, 3.05) is 13.7 Å². The Morgan fingerprint density at radius 2 is 2.06 bits per heavy atom. The zero-order valence-electron chi connectivity index (χ0n) is 10.2. The van der Waals surface area contributed by atoms with Crippen LogP contribution in [0.15, 0.2) is 18.2 Å². The van der Waals surface area contributed by atoms with E-state index in [9.17, 15) is 0 Å². The van der Waals surface area contributed by atoms with E-state index in [0.29, 0.717) is 0 Å². The van der Waals surface area contributed by atoms with Gasteiger partial charge in [0.25, 0.3) is 0 Å². The molecule has 0 heterocycles. The van der Waals surface area contributed by atoms with Crippen LogP contribution < -0.4 is 15.2 Å². The van der Waals surface area contributed by atoms with Gasteiger partial charge in [0.1, 0.15) is 0 Å². The lowest BCUT2D eigenvalue weighted by molar-refractivity contribution is 0.280. The predicted molar refractivity (Wildman–Crippen MR) is 66.3 cm³/mol. The maximum absolute atomic E-state index is 6.18. The minimum absolute atomic E-state index is 0.109. The smallest absolute Gasteiger partial charge is 0.161 e. The minimum atomic E-state index is -0.109. The maximum atomic E-state index is 6.18. The van der Waals surface area contributed by atoms with Gasteiger partial charge in [0, 0.05) is 5.54 Å². The van der Waals surface area contributed by atoms with Crippen molar-refractivity contribution < 1.29 is 9.47 Å². The van der Waals surface area contributed by atoms with Crippen molar-refractivity contribution >= 4 is 0 Å². The lowest BCUT2D eigenvalue weighted by atomic mass is 10.1. The van der Waals surface area contributed by atoms with Crippen molar-refractivity contribution in [2.45, 2.75) is 31.2 Å². The largest absolute Gasteiger partial charge is 0.493 e. The fourth-order valence-electron chi connectivity index (χ4n) is 2.01. The van der Waals surface area contributed by atoms with Crippen molar-refractivity contribution in [3.63, 3.8) is 0 Å². The van der Waals surface area contributed by atoms with Crippen LogP contribution in [0.2, 0.25) is 0 Å². The maximum Gasteiger partial charge on any atom is 0.161 e. The summed E-state index contributed by atoms with van der Waals surface area (Å²) in [6, 6.07) is 6.08. The van der Waals surface area contributed by atoms with Crippen LogP contribution in [-0.2, 0) is 5.54 Å². The summed E-state index contributed by atoms with van der Waals surface area (Å²) in [6.07, 6.45) is 4.73.